The molecule has 2 aromatic heterocycles. The Balaban J connectivity index is 1.45. The molecule has 1 fully saturated rings. The number of anilines is 2. The van der Waals surface area contributed by atoms with Crippen LogP contribution in [0.2, 0.25) is 5.02 Å². The van der Waals surface area contributed by atoms with Crippen LogP contribution in [0.25, 0.3) is 11.0 Å². The smallest absolute Gasteiger partial charge is 0.155 e. The third-order valence-corrected chi connectivity index (χ3v) is 6.06. The molecule has 2 atom stereocenters. The predicted molar refractivity (Wildman–Crippen MR) is 122 cm³/mol. The molecule has 0 amide bonds. The van der Waals surface area contributed by atoms with Gasteiger partial charge in [-0.15, -0.1) is 0 Å². The lowest BCUT2D eigenvalue weighted by atomic mass is 9.88. The van der Waals surface area contributed by atoms with E-state index in [1.54, 1.807) is 12.4 Å². The van der Waals surface area contributed by atoms with Crippen LogP contribution in [0.1, 0.15) is 33.1 Å². The van der Waals surface area contributed by atoms with Crippen LogP contribution in [0.4, 0.5) is 15.9 Å². The minimum Gasteiger partial charge on any atom is -0.375 e. The number of benzene rings is 1. The van der Waals surface area contributed by atoms with E-state index in [4.69, 9.17) is 11.6 Å². The van der Waals surface area contributed by atoms with Crippen molar-refractivity contribution < 1.29 is 9.18 Å². The summed E-state index contributed by atoms with van der Waals surface area (Å²) in [5, 5.41) is 4.51. The maximum absolute atomic E-state index is 13.7. The lowest BCUT2D eigenvalue weighted by molar-refractivity contribution is -0.121. The molecule has 0 bridgehead atoms. The normalized spacial score (nSPS) is 17.8. The molecule has 0 radical (unpaired) electrons. The van der Waals surface area contributed by atoms with E-state index < -0.39 is 11.9 Å². The SMILES string of the molecule is CC(C)[C@@H](Nc1cc(F)cc(Cl)c1)C(=O)C[C@@H]1CCCN(c2ncnc3[nH]ccc23)C1. The van der Waals surface area contributed by atoms with Crippen LogP contribution in [0.3, 0.4) is 0 Å². The van der Waals surface area contributed by atoms with Crippen LogP contribution in [-0.2, 0) is 4.79 Å². The van der Waals surface area contributed by atoms with Gasteiger partial charge in [-0.25, -0.2) is 14.4 Å². The Hall–Kier alpha value is -2.67. The lowest BCUT2D eigenvalue weighted by Gasteiger charge is -2.34. The molecule has 8 heteroatoms. The number of aromatic nitrogens is 3. The second-order valence-corrected chi connectivity index (χ2v) is 9.02. The Kier molecular flexibility index (Phi) is 6.41. The Bertz CT molecular complexity index is 1050. The second-order valence-electron chi connectivity index (χ2n) is 8.59. The van der Waals surface area contributed by atoms with Crippen LogP contribution in [0.15, 0.2) is 36.8 Å². The quantitative estimate of drug-likeness (QED) is 0.533. The highest BCUT2D eigenvalue weighted by atomic mass is 35.5. The number of aromatic amines is 1. The first-order valence-electron chi connectivity index (χ1n) is 10.7. The van der Waals surface area contributed by atoms with Crippen molar-refractivity contribution in [2.75, 3.05) is 23.3 Å². The summed E-state index contributed by atoms with van der Waals surface area (Å²) < 4.78 is 13.7. The molecule has 0 spiro atoms. The molecule has 1 aliphatic rings. The standard InChI is InChI=1S/C23H27ClFN5O/c1-14(2)21(29-18-10-16(24)9-17(25)11-18)20(31)8-15-4-3-7-30(12-15)23-19-5-6-26-22(19)27-13-28-23/h5-6,9-11,13-15,21,29H,3-4,7-8,12H2,1-2H3,(H,26,27,28)/t15-,21+/m0/s1. The zero-order chi connectivity index (χ0) is 22.0. The molecule has 164 valence electrons. The molecular formula is C23H27ClFN5O. The van der Waals surface area contributed by atoms with E-state index in [0.29, 0.717) is 17.1 Å². The fraction of sp³-hybridized carbons (Fsp3) is 0.435. The summed E-state index contributed by atoms with van der Waals surface area (Å²) in [7, 11) is 0. The van der Waals surface area contributed by atoms with Crippen LogP contribution >= 0.6 is 11.6 Å². The molecule has 3 heterocycles. The topological polar surface area (TPSA) is 73.9 Å². The number of piperidine rings is 1. The highest BCUT2D eigenvalue weighted by Crippen LogP contribution is 2.29. The molecule has 1 aliphatic heterocycles. The molecule has 6 nitrogen and oxygen atoms in total. The highest BCUT2D eigenvalue weighted by Gasteiger charge is 2.29. The van der Waals surface area contributed by atoms with Gasteiger partial charge in [-0.2, -0.15) is 0 Å². The Labute approximate surface area is 186 Å². The first-order valence-corrected chi connectivity index (χ1v) is 11.1. The Morgan fingerprint density at radius 1 is 1.35 bits per heavy atom. The zero-order valence-electron chi connectivity index (χ0n) is 17.7. The molecular weight excluding hydrogens is 417 g/mol. The number of carbonyl (C=O) groups excluding carboxylic acids is 1. The van der Waals surface area contributed by atoms with Gasteiger partial charge in [-0.05, 0) is 48.9 Å². The average Bonchev–Trinajstić information content (AvgIpc) is 3.20. The number of rotatable bonds is 7. The van der Waals surface area contributed by atoms with Gasteiger partial charge >= 0.3 is 0 Å². The lowest BCUT2D eigenvalue weighted by Crippen LogP contribution is -2.40. The van der Waals surface area contributed by atoms with Crippen LogP contribution in [0.5, 0.6) is 0 Å². The van der Waals surface area contributed by atoms with Crippen molar-refractivity contribution in [2.45, 2.75) is 39.2 Å². The van der Waals surface area contributed by atoms with Crippen molar-refractivity contribution in [1.29, 1.82) is 0 Å². The van der Waals surface area contributed by atoms with Gasteiger partial charge in [0.25, 0.3) is 0 Å². The summed E-state index contributed by atoms with van der Waals surface area (Å²) in [6, 6.07) is 5.86. The number of carbonyl (C=O) groups is 1. The molecule has 4 rings (SSSR count). The number of hydrogen-bond acceptors (Lipinski definition) is 5. The number of nitrogens with one attached hydrogen (secondary N) is 2. The van der Waals surface area contributed by atoms with Gasteiger partial charge in [0.05, 0.1) is 11.4 Å². The van der Waals surface area contributed by atoms with E-state index in [2.05, 4.69) is 25.2 Å². The summed E-state index contributed by atoms with van der Waals surface area (Å²) in [5.74, 6) is 0.932. The van der Waals surface area contributed by atoms with Gasteiger partial charge in [0.1, 0.15) is 23.6 Å². The van der Waals surface area contributed by atoms with Crippen LogP contribution in [-0.4, -0.2) is 39.9 Å². The number of H-pyrrole nitrogens is 1. The summed E-state index contributed by atoms with van der Waals surface area (Å²) in [6.45, 7) is 5.68. The first kappa shape index (κ1) is 21.6. The number of hydrogen-bond donors (Lipinski definition) is 2. The minimum atomic E-state index is -0.422. The highest BCUT2D eigenvalue weighted by molar-refractivity contribution is 6.30. The van der Waals surface area contributed by atoms with E-state index in [1.165, 1.54) is 12.1 Å². The second kappa shape index (κ2) is 9.22. The van der Waals surface area contributed by atoms with Crippen molar-refractivity contribution in [2.24, 2.45) is 11.8 Å². The van der Waals surface area contributed by atoms with Crippen LogP contribution in [0, 0.1) is 17.7 Å². The minimum absolute atomic E-state index is 0.0654. The molecule has 0 aliphatic carbocycles. The predicted octanol–water partition coefficient (Wildman–Crippen LogP) is 5.06. The van der Waals surface area contributed by atoms with Gasteiger partial charge < -0.3 is 15.2 Å². The number of halogens is 2. The molecule has 1 aromatic carbocycles. The fourth-order valence-electron chi connectivity index (χ4n) is 4.38. The van der Waals surface area contributed by atoms with Crippen molar-refractivity contribution in [3.63, 3.8) is 0 Å². The number of Topliss-reactive ketones (excluding diaryl/α,β-unsaturated/α-hetero) is 1. The largest absolute Gasteiger partial charge is 0.375 e. The van der Waals surface area contributed by atoms with Gasteiger partial charge in [-0.3, -0.25) is 4.79 Å². The molecule has 31 heavy (non-hydrogen) atoms. The fourth-order valence-corrected chi connectivity index (χ4v) is 4.60. The van der Waals surface area contributed by atoms with E-state index >= 15 is 0 Å². The summed E-state index contributed by atoms with van der Waals surface area (Å²) >= 11 is 5.97. The third kappa shape index (κ3) is 4.98. The zero-order valence-corrected chi connectivity index (χ0v) is 18.5. The van der Waals surface area contributed by atoms with Gasteiger partial charge in [0.15, 0.2) is 5.78 Å². The maximum atomic E-state index is 13.7. The number of ketones is 1. The summed E-state index contributed by atoms with van der Waals surface area (Å²) in [5.41, 5.74) is 1.35. The maximum Gasteiger partial charge on any atom is 0.155 e. The van der Waals surface area contributed by atoms with E-state index in [1.807, 2.05) is 26.1 Å². The monoisotopic (exact) mass is 443 g/mol. The van der Waals surface area contributed by atoms with Crippen molar-refractivity contribution in [3.8, 4) is 0 Å². The number of nitrogens with zero attached hydrogens (tertiary/aromatic N) is 3. The van der Waals surface area contributed by atoms with E-state index in [9.17, 15) is 9.18 Å². The molecule has 0 saturated carbocycles. The molecule has 2 N–H and O–H groups in total. The molecule has 0 unspecified atom stereocenters. The third-order valence-electron chi connectivity index (χ3n) is 5.84. The van der Waals surface area contributed by atoms with Gasteiger partial charge in [-0.1, -0.05) is 25.4 Å². The Morgan fingerprint density at radius 2 is 2.19 bits per heavy atom. The Morgan fingerprint density at radius 3 is 2.97 bits per heavy atom. The van der Waals surface area contributed by atoms with Gasteiger partial charge in [0.2, 0.25) is 0 Å². The summed E-state index contributed by atoms with van der Waals surface area (Å²) in [6.07, 6.45) is 5.92. The first-order chi connectivity index (χ1) is 14.9. The van der Waals surface area contributed by atoms with Crippen molar-refractivity contribution in [3.05, 3.63) is 47.6 Å². The van der Waals surface area contributed by atoms with Crippen molar-refractivity contribution in [1.82, 2.24) is 15.0 Å². The van der Waals surface area contributed by atoms with E-state index in [-0.39, 0.29) is 17.6 Å². The van der Waals surface area contributed by atoms with Gasteiger partial charge in [0, 0.05) is 36.4 Å². The number of fused-ring (bicyclic) bond motifs is 1. The molecule has 1 saturated heterocycles. The summed E-state index contributed by atoms with van der Waals surface area (Å²) in [4.78, 5) is 27.3. The van der Waals surface area contributed by atoms with Crippen molar-refractivity contribution >= 4 is 39.9 Å². The van der Waals surface area contributed by atoms with E-state index in [0.717, 1.165) is 42.8 Å². The van der Waals surface area contributed by atoms with Crippen LogP contribution < -0.4 is 10.2 Å². The average molecular weight is 444 g/mol. The molecule has 3 aromatic rings.